The zero-order valence-electron chi connectivity index (χ0n) is 15.4. The Balaban J connectivity index is 1.58. The Hall–Kier alpha value is -2.38. The van der Waals surface area contributed by atoms with Gasteiger partial charge in [-0.2, -0.15) is 13.2 Å². The van der Waals surface area contributed by atoms with Crippen LogP contribution in [0.25, 0.3) is 0 Å². The highest BCUT2D eigenvalue weighted by molar-refractivity contribution is 6.04. The number of anilines is 1. The van der Waals surface area contributed by atoms with E-state index in [-0.39, 0.29) is 12.3 Å². The van der Waals surface area contributed by atoms with E-state index >= 15 is 0 Å². The molecule has 1 amide bonds. The number of likely N-dealkylation sites (tertiary alicyclic amines) is 1. The van der Waals surface area contributed by atoms with Crippen molar-refractivity contribution in [1.29, 1.82) is 0 Å². The number of nitrogens with zero attached hydrogens (tertiary/aromatic N) is 1. The summed E-state index contributed by atoms with van der Waals surface area (Å²) in [6.07, 6.45) is -2.49. The third kappa shape index (κ3) is 5.33. The van der Waals surface area contributed by atoms with Crippen molar-refractivity contribution >= 4 is 11.6 Å². The predicted molar refractivity (Wildman–Crippen MR) is 101 cm³/mol. The lowest BCUT2D eigenvalue weighted by molar-refractivity contribution is -0.137. The number of halogens is 3. The summed E-state index contributed by atoms with van der Waals surface area (Å²) in [5.74, 6) is -0.0622. The van der Waals surface area contributed by atoms with Gasteiger partial charge in [0.25, 0.3) is 5.91 Å². The number of benzene rings is 2. The normalized spacial score (nSPS) is 16.1. The zero-order chi connectivity index (χ0) is 20.1. The summed E-state index contributed by atoms with van der Waals surface area (Å²) in [4.78, 5) is 14.6. The number of aliphatic hydroxyl groups is 1. The largest absolute Gasteiger partial charge is 0.416 e. The summed E-state index contributed by atoms with van der Waals surface area (Å²) < 4.78 is 38.3. The SMILES string of the molecule is O=C(Nc1cccc(C(F)(F)F)c1)c1ccc(CN2CCC(CO)CC2)cc1. The van der Waals surface area contributed by atoms with Crippen molar-refractivity contribution in [2.45, 2.75) is 25.6 Å². The molecule has 1 aliphatic rings. The van der Waals surface area contributed by atoms with Crippen LogP contribution in [0.15, 0.2) is 48.5 Å². The molecule has 0 aliphatic carbocycles. The number of piperidine rings is 1. The van der Waals surface area contributed by atoms with Gasteiger partial charge >= 0.3 is 6.18 Å². The molecule has 0 radical (unpaired) electrons. The van der Waals surface area contributed by atoms with Gasteiger partial charge in [0.05, 0.1) is 5.56 Å². The van der Waals surface area contributed by atoms with Gasteiger partial charge in [0.2, 0.25) is 0 Å². The fourth-order valence-corrected chi connectivity index (χ4v) is 3.32. The molecule has 1 saturated heterocycles. The second-order valence-corrected chi connectivity index (χ2v) is 7.13. The highest BCUT2D eigenvalue weighted by atomic mass is 19.4. The molecule has 2 aromatic rings. The maximum atomic E-state index is 12.8. The number of nitrogens with one attached hydrogen (secondary N) is 1. The number of hydrogen-bond acceptors (Lipinski definition) is 3. The molecule has 2 N–H and O–H groups in total. The first-order valence-corrected chi connectivity index (χ1v) is 9.26. The first-order chi connectivity index (χ1) is 13.3. The van der Waals surface area contributed by atoms with E-state index < -0.39 is 17.6 Å². The van der Waals surface area contributed by atoms with E-state index in [1.54, 1.807) is 12.1 Å². The fourth-order valence-electron chi connectivity index (χ4n) is 3.32. The minimum absolute atomic E-state index is 0.107. The average Bonchev–Trinajstić information content (AvgIpc) is 2.69. The Morgan fingerprint density at radius 1 is 1.11 bits per heavy atom. The van der Waals surface area contributed by atoms with Crippen LogP contribution in [0, 0.1) is 5.92 Å². The number of aliphatic hydroxyl groups excluding tert-OH is 1. The van der Waals surface area contributed by atoms with Crippen molar-refractivity contribution < 1.29 is 23.1 Å². The van der Waals surface area contributed by atoms with Gasteiger partial charge in [-0.1, -0.05) is 18.2 Å². The van der Waals surface area contributed by atoms with Gasteiger partial charge < -0.3 is 10.4 Å². The molecule has 1 heterocycles. The number of amides is 1. The van der Waals surface area contributed by atoms with E-state index in [0.29, 0.717) is 11.5 Å². The summed E-state index contributed by atoms with van der Waals surface area (Å²) in [5.41, 5.74) is 0.763. The molecule has 4 nitrogen and oxygen atoms in total. The van der Waals surface area contributed by atoms with Gasteiger partial charge in [-0.05, 0) is 67.7 Å². The van der Waals surface area contributed by atoms with Crippen molar-refractivity contribution in [2.75, 3.05) is 25.0 Å². The van der Waals surface area contributed by atoms with Crippen molar-refractivity contribution in [3.8, 4) is 0 Å². The van der Waals surface area contributed by atoms with Crippen LogP contribution >= 0.6 is 0 Å². The Morgan fingerprint density at radius 2 is 1.79 bits per heavy atom. The Labute approximate surface area is 162 Å². The smallest absolute Gasteiger partial charge is 0.396 e. The quantitative estimate of drug-likeness (QED) is 0.803. The number of carbonyl (C=O) groups is 1. The molecule has 1 fully saturated rings. The van der Waals surface area contributed by atoms with Crippen molar-refractivity contribution in [2.24, 2.45) is 5.92 Å². The maximum absolute atomic E-state index is 12.8. The highest BCUT2D eigenvalue weighted by Gasteiger charge is 2.30. The molecule has 150 valence electrons. The van der Waals surface area contributed by atoms with Gasteiger partial charge in [0.1, 0.15) is 0 Å². The first kappa shape index (κ1) is 20.4. The van der Waals surface area contributed by atoms with E-state index in [2.05, 4.69) is 10.2 Å². The van der Waals surface area contributed by atoms with Crippen LogP contribution in [0.4, 0.5) is 18.9 Å². The molecule has 0 atom stereocenters. The van der Waals surface area contributed by atoms with Gasteiger partial charge in [-0.25, -0.2) is 0 Å². The van der Waals surface area contributed by atoms with Gasteiger partial charge in [0, 0.05) is 24.4 Å². The highest BCUT2D eigenvalue weighted by Crippen LogP contribution is 2.30. The minimum Gasteiger partial charge on any atom is -0.396 e. The van der Waals surface area contributed by atoms with Crippen LogP contribution in [0.1, 0.15) is 34.3 Å². The molecule has 0 bridgehead atoms. The van der Waals surface area contributed by atoms with E-state index in [9.17, 15) is 23.1 Å². The topological polar surface area (TPSA) is 52.6 Å². The molecule has 28 heavy (non-hydrogen) atoms. The molecule has 7 heteroatoms. The predicted octanol–water partition coefficient (Wildman–Crippen LogP) is 4.16. The lowest BCUT2D eigenvalue weighted by Crippen LogP contribution is -2.34. The van der Waals surface area contributed by atoms with Crippen LogP contribution in [-0.4, -0.2) is 35.6 Å². The van der Waals surface area contributed by atoms with Gasteiger partial charge in [-0.15, -0.1) is 0 Å². The summed E-state index contributed by atoms with van der Waals surface area (Å²) in [7, 11) is 0. The zero-order valence-corrected chi connectivity index (χ0v) is 15.4. The van der Waals surface area contributed by atoms with Crippen molar-refractivity contribution in [1.82, 2.24) is 4.90 Å². The van der Waals surface area contributed by atoms with Crippen LogP contribution in [0.5, 0.6) is 0 Å². The fraction of sp³-hybridized carbons (Fsp3) is 0.381. The lowest BCUT2D eigenvalue weighted by atomic mass is 9.97. The summed E-state index contributed by atoms with van der Waals surface area (Å²) >= 11 is 0. The molecule has 3 rings (SSSR count). The molecule has 0 saturated carbocycles. The van der Waals surface area contributed by atoms with E-state index in [1.807, 2.05) is 12.1 Å². The summed E-state index contributed by atoms with van der Waals surface area (Å²) in [6.45, 7) is 2.88. The van der Waals surface area contributed by atoms with Gasteiger partial charge in [-0.3, -0.25) is 9.69 Å². The Kier molecular flexibility index (Phi) is 6.36. The van der Waals surface area contributed by atoms with E-state index in [4.69, 9.17) is 0 Å². The second kappa shape index (κ2) is 8.75. The van der Waals surface area contributed by atoms with Crippen LogP contribution in [0.2, 0.25) is 0 Å². The Bertz CT molecular complexity index is 798. The number of alkyl halides is 3. The van der Waals surface area contributed by atoms with Crippen LogP contribution in [0.3, 0.4) is 0 Å². The van der Waals surface area contributed by atoms with Gasteiger partial charge in [0.15, 0.2) is 0 Å². The van der Waals surface area contributed by atoms with Crippen LogP contribution < -0.4 is 5.32 Å². The van der Waals surface area contributed by atoms with Crippen LogP contribution in [-0.2, 0) is 12.7 Å². The van der Waals surface area contributed by atoms with E-state index in [1.165, 1.54) is 12.1 Å². The first-order valence-electron chi connectivity index (χ1n) is 9.26. The second-order valence-electron chi connectivity index (χ2n) is 7.13. The molecule has 0 spiro atoms. The third-order valence-electron chi connectivity index (χ3n) is 5.04. The van der Waals surface area contributed by atoms with Crippen molar-refractivity contribution in [3.63, 3.8) is 0 Å². The summed E-state index contributed by atoms with van der Waals surface area (Å²) in [5, 5.41) is 11.7. The molecule has 0 aromatic heterocycles. The number of carbonyl (C=O) groups excluding carboxylic acids is 1. The number of rotatable bonds is 5. The average molecular weight is 392 g/mol. The number of hydrogen-bond donors (Lipinski definition) is 2. The third-order valence-corrected chi connectivity index (χ3v) is 5.04. The Morgan fingerprint density at radius 3 is 2.39 bits per heavy atom. The molecule has 0 unspecified atom stereocenters. The van der Waals surface area contributed by atoms with Crippen molar-refractivity contribution in [3.05, 3.63) is 65.2 Å². The molecular weight excluding hydrogens is 369 g/mol. The minimum atomic E-state index is -4.45. The lowest BCUT2D eigenvalue weighted by Gasteiger charge is -2.31. The van der Waals surface area contributed by atoms with E-state index in [0.717, 1.165) is 50.2 Å². The maximum Gasteiger partial charge on any atom is 0.416 e. The molecule has 1 aliphatic heterocycles. The summed E-state index contributed by atoms with van der Waals surface area (Å²) in [6, 6.07) is 11.7. The standard InChI is InChI=1S/C21H23F3N2O2/c22-21(23,24)18-2-1-3-19(12-18)25-20(28)17-6-4-15(5-7-17)13-26-10-8-16(14-27)9-11-26/h1-7,12,16,27H,8-11,13-14H2,(H,25,28). The molecular formula is C21H23F3N2O2. The molecule has 2 aromatic carbocycles. The monoisotopic (exact) mass is 392 g/mol.